The van der Waals surface area contributed by atoms with E-state index >= 15 is 0 Å². The number of carboxylic acid groups (broad SMARTS) is 2. The van der Waals surface area contributed by atoms with Gasteiger partial charge in [-0.2, -0.15) is 0 Å². The molecule has 0 unspecified atom stereocenters. The predicted molar refractivity (Wildman–Crippen MR) is 82.0 cm³/mol. The summed E-state index contributed by atoms with van der Waals surface area (Å²) in [5, 5.41) is 29.1. The van der Waals surface area contributed by atoms with Crippen LogP contribution in [0.5, 0.6) is 0 Å². The Morgan fingerprint density at radius 2 is 1.52 bits per heavy atom. The van der Waals surface area contributed by atoms with Crippen LogP contribution in [0.3, 0.4) is 0 Å². The number of nitrogens with zero attached hydrogens (tertiary/aromatic N) is 1. The molecular formula is C16H11NO6. The summed E-state index contributed by atoms with van der Waals surface area (Å²) < 4.78 is 0. The zero-order valence-electron chi connectivity index (χ0n) is 11.7. The highest BCUT2D eigenvalue weighted by Crippen LogP contribution is 2.23. The third kappa shape index (κ3) is 3.59. The third-order valence-corrected chi connectivity index (χ3v) is 3.09. The second-order valence-electron chi connectivity index (χ2n) is 4.56. The molecule has 0 amide bonds. The van der Waals surface area contributed by atoms with Gasteiger partial charge in [-0.05, 0) is 29.8 Å². The van der Waals surface area contributed by atoms with Crippen LogP contribution < -0.4 is 0 Å². The number of aliphatic carboxylic acids is 1. The lowest BCUT2D eigenvalue weighted by molar-refractivity contribution is -0.384. The number of hydrogen-bond donors (Lipinski definition) is 2. The zero-order chi connectivity index (χ0) is 17.0. The number of hydrogen-bond acceptors (Lipinski definition) is 4. The van der Waals surface area contributed by atoms with Crippen molar-refractivity contribution in [2.45, 2.75) is 0 Å². The Labute approximate surface area is 130 Å². The smallest absolute Gasteiger partial charge is 0.336 e. The maximum atomic E-state index is 11.5. The molecule has 0 aliphatic heterocycles. The van der Waals surface area contributed by atoms with Gasteiger partial charge in [-0.25, -0.2) is 9.59 Å². The number of nitro groups is 1. The van der Waals surface area contributed by atoms with Crippen molar-refractivity contribution < 1.29 is 24.7 Å². The second-order valence-corrected chi connectivity index (χ2v) is 4.56. The Morgan fingerprint density at radius 1 is 0.957 bits per heavy atom. The van der Waals surface area contributed by atoms with Crippen LogP contribution in [0.15, 0.2) is 48.5 Å². The quantitative estimate of drug-likeness (QED) is 0.379. The first kappa shape index (κ1) is 15.9. The van der Waals surface area contributed by atoms with Gasteiger partial charge in [0.2, 0.25) is 0 Å². The largest absolute Gasteiger partial charge is 0.478 e. The molecule has 2 aromatic carbocycles. The Bertz CT molecular complexity index is 808. The lowest BCUT2D eigenvalue weighted by Gasteiger charge is -2.07. The number of non-ortho nitro benzene ring substituents is 1. The van der Waals surface area contributed by atoms with Gasteiger partial charge >= 0.3 is 11.9 Å². The molecule has 0 aliphatic carbocycles. The van der Waals surface area contributed by atoms with E-state index in [2.05, 4.69) is 0 Å². The van der Waals surface area contributed by atoms with Crippen molar-refractivity contribution in [1.82, 2.24) is 0 Å². The van der Waals surface area contributed by atoms with Gasteiger partial charge in [-0.1, -0.05) is 18.2 Å². The van der Waals surface area contributed by atoms with Crippen LogP contribution in [0.2, 0.25) is 0 Å². The fourth-order valence-electron chi connectivity index (χ4n) is 2.02. The summed E-state index contributed by atoms with van der Waals surface area (Å²) in [5.74, 6) is -2.53. The fourth-order valence-corrected chi connectivity index (χ4v) is 2.02. The topological polar surface area (TPSA) is 118 Å². The molecule has 23 heavy (non-hydrogen) atoms. The minimum atomic E-state index is -1.29. The summed E-state index contributed by atoms with van der Waals surface area (Å²) >= 11 is 0. The van der Waals surface area contributed by atoms with E-state index in [1.54, 1.807) is 0 Å². The number of benzene rings is 2. The predicted octanol–water partition coefficient (Wildman–Crippen LogP) is 2.92. The van der Waals surface area contributed by atoms with Gasteiger partial charge in [0.25, 0.3) is 5.69 Å². The van der Waals surface area contributed by atoms with Gasteiger partial charge < -0.3 is 10.2 Å². The molecule has 0 heterocycles. The third-order valence-electron chi connectivity index (χ3n) is 3.09. The molecule has 7 heteroatoms. The van der Waals surface area contributed by atoms with E-state index in [1.165, 1.54) is 54.6 Å². The first-order chi connectivity index (χ1) is 10.9. The molecule has 0 fully saturated rings. The maximum Gasteiger partial charge on any atom is 0.336 e. The number of carboxylic acids is 2. The van der Waals surface area contributed by atoms with Crippen LogP contribution in [0.4, 0.5) is 5.69 Å². The van der Waals surface area contributed by atoms with Gasteiger partial charge in [-0.3, -0.25) is 10.1 Å². The molecule has 0 saturated heterocycles. The zero-order valence-corrected chi connectivity index (χ0v) is 11.7. The van der Waals surface area contributed by atoms with Gasteiger partial charge in [0.1, 0.15) is 0 Å². The van der Waals surface area contributed by atoms with Crippen molar-refractivity contribution >= 4 is 29.3 Å². The van der Waals surface area contributed by atoms with Crippen LogP contribution in [0.25, 0.3) is 11.6 Å². The lowest BCUT2D eigenvalue weighted by Crippen LogP contribution is -2.07. The Morgan fingerprint density at radius 3 is 2.00 bits per heavy atom. The molecule has 7 nitrogen and oxygen atoms in total. The lowest BCUT2D eigenvalue weighted by atomic mass is 9.97. The molecule has 2 aromatic rings. The van der Waals surface area contributed by atoms with Gasteiger partial charge in [0.05, 0.1) is 16.1 Å². The Hall–Kier alpha value is -3.48. The Kier molecular flexibility index (Phi) is 4.51. The van der Waals surface area contributed by atoms with Crippen LogP contribution >= 0.6 is 0 Å². The molecule has 0 aliphatic rings. The number of aromatic carboxylic acids is 1. The standard InChI is InChI=1S/C16H11NO6/c18-15(19)13-4-2-1-3-12(13)14(16(20)21)9-10-5-7-11(8-6-10)17(22)23/h1-9H,(H,18,19)(H,20,21)/b14-9+. The minimum absolute atomic E-state index is 0.0610. The molecule has 2 N–H and O–H groups in total. The van der Waals surface area contributed by atoms with Crippen LogP contribution in [-0.4, -0.2) is 27.1 Å². The molecule has 0 saturated carbocycles. The van der Waals surface area contributed by atoms with E-state index in [9.17, 15) is 24.8 Å². The van der Waals surface area contributed by atoms with E-state index in [4.69, 9.17) is 5.11 Å². The summed E-state index contributed by atoms with van der Waals surface area (Å²) in [6.45, 7) is 0. The van der Waals surface area contributed by atoms with E-state index in [0.29, 0.717) is 5.56 Å². The minimum Gasteiger partial charge on any atom is -0.478 e. The van der Waals surface area contributed by atoms with Crippen LogP contribution in [-0.2, 0) is 4.79 Å². The molecule has 0 radical (unpaired) electrons. The Balaban J connectivity index is 2.53. The van der Waals surface area contributed by atoms with Gasteiger partial charge in [-0.15, -0.1) is 0 Å². The van der Waals surface area contributed by atoms with Crippen molar-refractivity contribution in [3.8, 4) is 0 Å². The highest BCUT2D eigenvalue weighted by Gasteiger charge is 2.18. The van der Waals surface area contributed by atoms with Crippen molar-refractivity contribution in [2.75, 3.05) is 0 Å². The monoisotopic (exact) mass is 313 g/mol. The number of rotatable bonds is 5. The number of nitro benzene ring substituents is 1. The summed E-state index contributed by atoms with van der Waals surface area (Å²) in [4.78, 5) is 32.8. The summed E-state index contributed by atoms with van der Waals surface area (Å²) in [7, 11) is 0. The molecule has 0 aromatic heterocycles. The SMILES string of the molecule is O=C(O)/C(=C/c1ccc([N+](=O)[O-])cc1)c1ccccc1C(=O)O. The van der Waals surface area contributed by atoms with Gasteiger partial charge in [0.15, 0.2) is 0 Å². The normalized spacial score (nSPS) is 11.0. The number of carbonyl (C=O) groups is 2. The van der Waals surface area contributed by atoms with Crippen LogP contribution in [0, 0.1) is 10.1 Å². The molecule has 0 bridgehead atoms. The van der Waals surface area contributed by atoms with Gasteiger partial charge in [0, 0.05) is 17.7 Å². The summed E-state index contributed by atoms with van der Waals surface area (Å²) in [6.07, 6.45) is 1.27. The first-order valence-electron chi connectivity index (χ1n) is 6.42. The van der Waals surface area contributed by atoms with E-state index in [0.717, 1.165) is 0 Å². The average Bonchev–Trinajstić information content (AvgIpc) is 2.52. The van der Waals surface area contributed by atoms with Crippen molar-refractivity contribution in [3.63, 3.8) is 0 Å². The molecule has 0 atom stereocenters. The van der Waals surface area contributed by atoms with E-state index in [-0.39, 0.29) is 22.4 Å². The molecular weight excluding hydrogens is 302 g/mol. The van der Waals surface area contributed by atoms with Crippen molar-refractivity contribution in [1.29, 1.82) is 0 Å². The average molecular weight is 313 g/mol. The molecule has 0 spiro atoms. The summed E-state index contributed by atoms with van der Waals surface area (Å²) in [6, 6.07) is 11.0. The highest BCUT2D eigenvalue weighted by atomic mass is 16.6. The van der Waals surface area contributed by atoms with E-state index in [1.807, 2.05) is 0 Å². The highest BCUT2D eigenvalue weighted by molar-refractivity contribution is 6.22. The van der Waals surface area contributed by atoms with Crippen molar-refractivity contribution in [2.24, 2.45) is 0 Å². The maximum absolute atomic E-state index is 11.5. The molecule has 116 valence electrons. The molecule has 2 rings (SSSR count). The van der Waals surface area contributed by atoms with Crippen molar-refractivity contribution in [3.05, 3.63) is 75.3 Å². The van der Waals surface area contributed by atoms with Crippen LogP contribution in [0.1, 0.15) is 21.5 Å². The summed E-state index contributed by atoms with van der Waals surface area (Å²) in [5.41, 5.74) is 0.00363. The van der Waals surface area contributed by atoms with E-state index < -0.39 is 16.9 Å². The fraction of sp³-hybridized carbons (Fsp3) is 0. The first-order valence-corrected chi connectivity index (χ1v) is 6.42. The second kappa shape index (κ2) is 6.52.